The molecule has 0 saturated carbocycles. The quantitative estimate of drug-likeness (QED) is 0.258. The molecule has 0 aliphatic rings. The summed E-state index contributed by atoms with van der Waals surface area (Å²) in [5.41, 5.74) is 2.14. The molecule has 138 valence electrons. The van der Waals surface area contributed by atoms with E-state index >= 15 is 0 Å². The SMILES string of the molecule is COc1cc(-c2c3ccccc3c(Br)c3sc4ccccc4c23)cc(Br)c1O. The first kappa shape index (κ1) is 18.0. The molecule has 0 spiro atoms. The smallest absolute Gasteiger partial charge is 0.172 e. The van der Waals surface area contributed by atoms with Gasteiger partial charge in [0, 0.05) is 19.9 Å². The number of benzene rings is 4. The molecule has 0 fully saturated rings. The second kappa shape index (κ2) is 6.76. The molecule has 0 unspecified atom stereocenters. The Morgan fingerprint density at radius 3 is 2.32 bits per heavy atom. The maximum Gasteiger partial charge on any atom is 0.172 e. The third-order valence-electron chi connectivity index (χ3n) is 5.01. The van der Waals surface area contributed by atoms with Gasteiger partial charge in [-0.25, -0.2) is 0 Å². The Morgan fingerprint density at radius 2 is 1.57 bits per heavy atom. The Kier molecular flexibility index (Phi) is 4.34. The average Bonchev–Trinajstić information content (AvgIpc) is 3.10. The maximum atomic E-state index is 10.3. The number of phenolic OH excluding ortho intramolecular Hbond substituents is 1. The molecule has 0 aliphatic carbocycles. The van der Waals surface area contributed by atoms with E-state index in [1.54, 1.807) is 18.4 Å². The number of hydrogen-bond donors (Lipinski definition) is 1. The number of hydrogen-bond acceptors (Lipinski definition) is 3. The summed E-state index contributed by atoms with van der Waals surface area (Å²) in [5, 5.41) is 15.1. The van der Waals surface area contributed by atoms with Crippen LogP contribution in [0.4, 0.5) is 0 Å². The van der Waals surface area contributed by atoms with Crippen LogP contribution in [0.2, 0.25) is 0 Å². The van der Waals surface area contributed by atoms with Crippen LogP contribution in [0, 0.1) is 0 Å². The third-order valence-corrected chi connectivity index (χ3v) is 7.89. The van der Waals surface area contributed by atoms with Gasteiger partial charge in [-0.2, -0.15) is 0 Å². The molecule has 1 heterocycles. The van der Waals surface area contributed by atoms with Gasteiger partial charge in [0.15, 0.2) is 11.5 Å². The minimum atomic E-state index is 0.110. The summed E-state index contributed by atoms with van der Waals surface area (Å²) in [6, 6.07) is 20.8. The Morgan fingerprint density at radius 1 is 0.893 bits per heavy atom. The van der Waals surface area contributed by atoms with Crippen molar-refractivity contribution >= 4 is 74.1 Å². The summed E-state index contributed by atoms with van der Waals surface area (Å²) >= 11 is 9.13. The molecule has 2 nitrogen and oxygen atoms in total. The molecule has 5 rings (SSSR count). The summed E-state index contributed by atoms with van der Waals surface area (Å²) in [5.74, 6) is 0.558. The summed E-state index contributed by atoms with van der Waals surface area (Å²) in [6.07, 6.45) is 0. The lowest BCUT2D eigenvalue weighted by Crippen LogP contribution is -1.89. The Balaban J connectivity index is 2.05. The first-order valence-corrected chi connectivity index (χ1v) is 11.1. The number of fused-ring (bicyclic) bond motifs is 4. The van der Waals surface area contributed by atoms with Gasteiger partial charge in [0.1, 0.15) is 0 Å². The van der Waals surface area contributed by atoms with Crippen LogP contribution in [0.3, 0.4) is 0 Å². The van der Waals surface area contributed by atoms with Crippen LogP contribution in [-0.2, 0) is 0 Å². The molecule has 1 N–H and O–H groups in total. The second-order valence-electron chi connectivity index (χ2n) is 6.55. The lowest BCUT2D eigenvalue weighted by atomic mass is 9.93. The van der Waals surface area contributed by atoms with E-state index in [4.69, 9.17) is 4.74 Å². The van der Waals surface area contributed by atoms with Crippen molar-refractivity contribution in [1.82, 2.24) is 0 Å². The summed E-state index contributed by atoms with van der Waals surface area (Å²) in [7, 11) is 1.57. The molecule has 0 saturated heterocycles. The van der Waals surface area contributed by atoms with Gasteiger partial charge in [0.25, 0.3) is 0 Å². The van der Waals surface area contributed by atoms with E-state index in [0.29, 0.717) is 10.2 Å². The second-order valence-corrected chi connectivity index (χ2v) is 9.25. The molecule has 4 aromatic carbocycles. The minimum Gasteiger partial charge on any atom is -0.503 e. The fourth-order valence-corrected chi connectivity index (χ4v) is 6.16. The lowest BCUT2D eigenvalue weighted by Gasteiger charge is -2.14. The zero-order valence-corrected chi connectivity index (χ0v) is 18.8. The highest BCUT2D eigenvalue weighted by Gasteiger charge is 2.20. The fraction of sp³-hybridized carbons (Fsp3) is 0.0435. The number of ether oxygens (including phenoxy) is 1. The van der Waals surface area contributed by atoms with Crippen LogP contribution in [0.5, 0.6) is 11.5 Å². The van der Waals surface area contributed by atoms with E-state index in [9.17, 15) is 5.11 Å². The van der Waals surface area contributed by atoms with Gasteiger partial charge < -0.3 is 9.84 Å². The van der Waals surface area contributed by atoms with Crippen molar-refractivity contribution in [3.8, 4) is 22.6 Å². The molecule has 0 atom stereocenters. The predicted octanol–water partition coefficient (Wildman–Crippen LogP) is 8.11. The highest BCUT2D eigenvalue weighted by Crippen LogP contribution is 2.50. The van der Waals surface area contributed by atoms with E-state index in [0.717, 1.165) is 21.0 Å². The van der Waals surface area contributed by atoms with Crippen molar-refractivity contribution in [3.63, 3.8) is 0 Å². The fourth-order valence-electron chi connectivity index (χ4n) is 3.77. The summed E-state index contributed by atoms with van der Waals surface area (Å²) in [4.78, 5) is 0. The number of phenols is 1. The minimum absolute atomic E-state index is 0.110. The molecule has 28 heavy (non-hydrogen) atoms. The topological polar surface area (TPSA) is 29.5 Å². The zero-order valence-electron chi connectivity index (χ0n) is 14.8. The van der Waals surface area contributed by atoms with E-state index < -0.39 is 0 Å². The number of rotatable bonds is 2. The highest BCUT2D eigenvalue weighted by molar-refractivity contribution is 9.11. The van der Waals surface area contributed by atoms with Gasteiger partial charge in [0.2, 0.25) is 0 Å². The maximum absolute atomic E-state index is 10.3. The van der Waals surface area contributed by atoms with Crippen LogP contribution in [0.15, 0.2) is 69.6 Å². The average molecular weight is 514 g/mol. The van der Waals surface area contributed by atoms with Gasteiger partial charge in [-0.15, -0.1) is 11.3 Å². The lowest BCUT2D eigenvalue weighted by molar-refractivity contribution is 0.372. The highest BCUT2D eigenvalue weighted by atomic mass is 79.9. The van der Waals surface area contributed by atoms with Crippen molar-refractivity contribution in [3.05, 3.63) is 69.6 Å². The third kappa shape index (κ3) is 2.57. The first-order chi connectivity index (χ1) is 13.6. The molecular formula is C23H14Br2O2S. The van der Waals surface area contributed by atoms with Crippen molar-refractivity contribution in [2.24, 2.45) is 0 Å². The largest absolute Gasteiger partial charge is 0.503 e. The molecule has 0 radical (unpaired) electrons. The van der Waals surface area contributed by atoms with Crippen molar-refractivity contribution < 1.29 is 9.84 Å². The van der Waals surface area contributed by atoms with Crippen LogP contribution in [0.1, 0.15) is 0 Å². The summed E-state index contributed by atoms with van der Waals surface area (Å²) in [6.45, 7) is 0. The van der Waals surface area contributed by atoms with E-state index in [1.165, 1.54) is 25.6 Å². The Hall–Kier alpha value is -2.08. The Labute approximate surface area is 182 Å². The van der Waals surface area contributed by atoms with Crippen LogP contribution in [0.25, 0.3) is 42.1 Å². The van der Waals surface area contributed by atoms with E-state index in [2.05, 4.69) is 80.4 Å². The molecular weight excluding hydrogens is 500 g/mol. The van der Waals surface area contributed by atoms with Crippen LogP contribution >= 0.6 is 43.2 Å². The molecule has 1 aromatic heterocycles. The normalized spacial score (nSPS) is 11.5. The van der Waals surface area contributed by atoms with E-state index in [1.807, 2.05) is 12.1 Å². The van der Waals surface area contributed by atoms with Gasteiger partial charge in [-0.05, 0) is 72.0 Å². The van der Waals surface area contributed by atoms with Gasteiger partial charge in [0.05, 0.1) is 16.3 Å². The van der Waals surface area contributed by atoms with E-state index in [-0.39, 0.29) is 5.75 Å². The van der Waals surface area contributed by atoms with Crippen molar-refractivity contribution in [2.45, 2.75) is 0 Å². The van der Waals surface area contributed by atoms with Crippen LogP contribution < -0.4 is 4.74 Å². The molecule has 0 bridgehead atoms. The van der Waals surface area contributed by atoms with Crippen molar-refractivity contribution in [1.29, 1.82) is 0 Å². The monoisotopic (exact) mass is 512 g/mol. The zero-order chi connectivity index (χ0) is 19.4. The van der Waals surface area contributed by atoms with Gasteiger partial charge in [-0.3, -0.25) is 0 Å². The van der Waals surface area contributed by atoms with Crippen LogP contribution in [-0.4, -0.2) is 12.2 Å². The molecule has 0 aliphatic heterocycles. The number of methoxy groups -OCH3 is 1. The number of halogens is 2. The number of thiophene rings is 1. The molecule has 5 aromatic rings. The number of aromatic hydroxyl groups is 1. The molecule has 0 amide bonds. The standard InChI is InChI=1S/C23H14Br2O2S/c1-27-17-11-12(10-16(24)22(17)26)19-13-6-2-3-7-14(13)21(25)23-20(19)15-8-4-5-9-18(15)28-23/h2-11,26H,1H3. The molecule has 5 heteroatoms. The van der Waals surface area contributed by atoms with Crippen molar-refractivity contribution in [2.75, 3.05) is 7.11 Å². The van der Waals surface area contributed by atoms with Gasteiger partial charge in [-0.1, -0.05) is 42.5 Å². The predicted molar refractivity (Wildman–Crippen MR) is 126 cm³/mol. The summed E-state index contributed by atoms with van der Waals surface area (Å²) < 4.78 is 9.62. The first-order valence-electron chi connectivity index (χ1n) is 8.68. The Bertz CT molecular complexity index is 1390. The van der Waals surface area contributed by atoms with Gasteiger partial charge >= 0.3 is 0 Å².